The second-order valence-electron chi connectivity index (χ2n) is 6.55. The molecule has 1 heterocycles. The molecule has 0 amide bonds. The number of benzene rings is 2. The van der Waals surface area contributed by atoms with Crippen LogP contribution in [-0.4, -0.2) is 9.90 Å². The fourth-order valence-electron chi connectivity index (χ4n) is 3.14. The highest BCUT2D eigenvalue weighted by molar-refractivity contribution is 5.46. The van der Waals surface area contributed by atoms with E-state index in [0.29, 0.717) is 0 Å². The summed E-state index contributed by atoms with van der Waals surface area (Å²) in [5.41, 5.74) is 11.8. The number of aryl methyl sites for hydroxylation is 3. The second-order valence-corrected chi connectivity index (χ2v) is 6.55. The molecule has 4 nitrogen and oxygen atoms in total. The highest BCUT2D eigenvalue weighted by atomic mass is 15.7. The van der Waals surface area contributed by atoms with Crippen molar-refractivity contribution in [2.24, 2.45) is 0 Å². The monoisotopic (exact) mass is 318 g/mol. The van der Waals surface area contributed by atoms with Crippen LogP contribution in [0.5, 0.6) is 0 Å². The Labute approximate surface area is 142 Å². The molecule has 122 valence electrons. The highest BCUT2D eigenvalue weighted by Gasteiger charge is 2.24. The average Bonchev–Trinajstić information content (AvgIpc) is 2.96. The summed E-state index contributed by atoms with van der Waals surface area (Å²) in [4.78, 5) is 3.93. The molecule has 0 N–H and O–H groups in total. The third kappa shape index (κ3) is 2.80. The molecule has 2 aromatic carbocycles. The smallest absolute Gasteiger partial charge is 0.199 e. The molecular weight excluding hydrogens is 296 g/mol. The van der Waals surface area contributed by atoms with Crippen LogP contribution >= 0.6 is 0 Å². The van der Waals surface area contributed by atoms with Crippen molar-refractivity contribution in [3.63, 3.8) is 0 Å². The Morgan fingerprint density at radius 2 is 1.50 bits per heavy atom. The molecule has 24 heavy (non-hydrogen) atoms. The fourth-order valence-corrected chi connectivity index (χ4v) is 3.14. The predicted molar refractivity (Wildman–Crippen MR) is 94.7 cm³/mol. The first kappa shape index (κ1) is 14.9. The minimum absolute atomic E-state index is 0.951. The van der Waals surface area contributed by atoms with Crippen molar-refractivity contribution in [3.05, 3.63) is 76.5 Å². The third-order valence-corrected chi connectivity index (χ3v) is 4.56. The van der Waals surface area contributed by atoms with Crippen molar-refractivity contribution in [2.45, 2.75) is 39.5 Å². The first-order valence-corrected chi connectivity index (χ1v) is 8.59. The normalized spacial score (nSPS) is 13.6. The van der Waals surface area contributed by atoms with Crippen LogP contribution in [0.4, 0.5) is 5.69 Å². The molecule has 0 aliphatic heterocycles. The number of fused-ring (bicyclic) bond motifs is 1. The van der Waals surface area contributed by atoms with Crippen LogP contribution in [0.3, 0.4) is 0 Å². The first-order valence-electron chi connectivity index (χ1n) is 8.59. The Morgan fingerprint density at radius 3 is 2.21 bits per heavy atom. The molecule has 1 aliphatic carbocycles. The lowest BCUT2D eigenvalue weighted by molar-refractivity contribution is -0.707. The van der Waals surface area contributed by atoms with E-state index in [1.807, 2.05) is 9.59 Å². The molecule has 0 unspecified atom stereocenters. The van der Waals surface area contributed by atoms with E-state index < -0.39 is 0 Å². The van der Waals surface area contributed by atoms with Crippen LogP contribution < -0.4 is 4.79 Å². The Hall–Kier alpha value is -2.62. The summed E-state index contributed by atoms with van der Waals surface area (Å²) in [6, 6.07) is 16.8. The summed E-state index contributed by atoms with van der Waals surface area (Å²) in [6.45, 7) is 4.19. The molecule has 4 heteroatoms. The van der Waals surface area contributed by atoms with E-state index in [1.165, 1.54) is 35.4 Å². The van der Waals surface area contributed by atoms with E-state index in [0.717, 1.165) is 24.2 Å². The number of aromatic nitrogens is 3. The van der Waals surface area contributed by atoms with Crippen LogP contribution in [0.25, 0.3) is 11.1 Å². The first-order chi connectivity index (χ1) is 11.7. The van der Waals surface area contributed by atoms with Crippen LogP contribution in [0.1, 0.15) is 35.4 Å². The van der Waals surface area contributed by atoms with Crippen LogP contribution in [0.15, 0.2) is 48.5 Å². The molecule has 0 saturated carbocycles. The Balaban J connectivity index is 1.79. The van der Waals surface area contributed by atoms with Crippen LogP contribution in [-0.2, 0) is 12.8 Å². The molecule has 4 rings (SSSR count). The van der Waals surface area contributed by atoms with Gasteiger partial charge < -0.3 is 0 Å². The maximum absolute atomic E-state index is 4.87. The summed E-state index contributed by atoms with van der Waals surface area (Å²) in [5.74, 6) is 0. The molecule has 0 fully saturated rings. The topological polar surface area (TPSA) is 35.8 Å². The minimum atomic E-state index is 0.951. The lowest BCUT2D eigenvalue weighted by Crippen LogP contribution is -2.42. The summed E-state index contributed by atoms with van der Waals surface area (Å²) in [7, 11) is 0. The largest absolute Gasteiger partial charge is 0.271 e. The number of nitrogens with zero attached hydrogens (tertiary/aromatic N) is 4. The van der Waals surface area contributed by atoms with E-state index >= 15 is 0 Å². The van der Waals surface area contributed by atoms with E-state index in [9.17, 15) is 0 Å². The molecule has 0 saturated heterocycles. The molecule has 0 bridgehead atoms. The number of rotatable bonds is 3. The zero-order valence-corrected chi connectivity index (χ0v) is 14.2. The molecule has 0 spiro atoms. The summed E-state index contributed by atoms with van der Waals surface area (Å²) in [5, 5.41) is 4.85. The quantitative estimate of drug-likeness (QED) is 0.669. The van der Waals surface area contributed by atoms with E-state index in [2.05, 4.69) is 62.4 Å². The summed E-state index contributed by atoms with van der Waals surface area (Å²) < 4.78 is 0. The van der Waals surface area contributed by atoms with Gasteiger partial charge in [-0.05, 0) is 37.5 Å². The van der Waals surface area contributed by atoms with Gasteiger partial charge in [-0.15, -0.1) is 4.80 Å². The van der Waals surface area contributed by atoms with Gasteiger partial charge in [-0.2, -0.15) is 4.79 Å². The lowest BCUT2D eigenvalue weighted by Gasteiger charge is -2.17. The van der Waals surface area contributed by atoms with Gasteiger partial charge in [0.05, 0.1) is 0 Å². The van der Waals surface area contributed by atoms with Crippen molar-refractivity contribution in [3.8, 4) is 5.69 Å². The zero-order valence-electron chi connectivity index (χ0n) is 14.2. The summed E-state index contributed by atoms with van der Waals surface area (Å²) >= 11 is 0. The van der Waals surface area contributed by atoms with Gasteiger partial charge in [0.25, 0.3) is 0 Å². The lowest BCUT2D eigenvalue weighted by atomic mass is 10.0. The Bertz CT molecular complexity index is 845. The Morgan fingerprint density at radius 1 is 0.875 bits per heavy atom. The number of hydrogen-bond donors (Lipinski definition) is 0. The second kappa shape index (κ2) is 6.11. The van der Waals surface area contributed by atoms with Crippen molar-refractivity contribution in [1.82, 2.24) is 9.90 Å². The van der Waals surface area contributed by atoms with Gasteiger partial charge in [-0.1, -0.05) is 59.7 Å². The van der Waals surface area contributed by atoms with Crippen molar-refractivity contribution in [2.75, 3.05) is 0 Å². The molecule has 3 aromatic rings. The van der Waals surface area contributed by atoms with Gasteiger partial charge in [-0.3, -0.25) is 5.43 Å². The Kier molecular flexibility index (Phi) is 3.81. The van der Waals surface area contributed by atoms with Crippen molar-refractivity contribution >= 4 is 5.69 Å². The maximum Gasteiger partial charge on any atom is 0.199 e. The van der Waals surface area contributed by atoms with E-state index in [-0.39, 0.29) is 0 Å². The van der Waals surface area contributed by atoms with Gasteiger partial charge in [0.1, 0.15) is 0 Å². The summed E-state index contributed by atoms with van der Waals surface area (Å²) in [6.07, 6.45) is 4.49. The van der Waals surface area contributed by atoms with Crippen molar-refractivity contribution in [1.29, 1.82) is 0 Å². The zero-order chi connectivity index (χ0) is 16.5. The van der Waals surface area contributed by atoms with Gasteiger partial charge in [0.15, 0.2) is 11.4 Å². The maximum atomic E-state index is 4.87. The van der Waals surface area contributed by atoms with Crippen LogP contribution in [0.2, 0.25) is 0 Å². The predicted octanol–water partition coefficient (Wildman–Crippen LogP) is 4.12. The van der Waals surface area contributed by atoms with E-state index in [4.69, 9.17) is 10.5 Å². The molecular formula is C20H22N4. The van der Waals surface area contributed by atoms with Crippen LogP contribution in [0, 0.1) is 13.8 Å². The third-order valence-electron chi connectivity index (χ3n) is 4.56. The standard InChI is InChI=1S/C20H22N4/c1-15-7-11-17(12-8-15)21-24-20-6-4-3-5-19(20)22-23(24)18-13-9-16(2)10-14-18/h7-14H,3-6H2,1-2H3. The number of hydrogen-bond acceptors (Lipinski definition) is 1. The van der Waals surface area contributed by atoms with Crippen molar-refractivity contribution < 1.29 is 4.79 Å². The van der Waals surface area contributed by atoms with Gasteiger partial charge in [0.2, 0.25) is 0 Å². The fraction of sp³-hybridized carbons (Fsp3) is 0.300. The minimum Gasteiger partial charge on any atom is -0.271 e. The highest BCUT2D eigenvalue weighted by Crippen LogP contribution is 2.22. The average molecular weight is 318 g/mol. The van der Waals surface area contributed by atoms with Gasteiger partial charge in [-0.25, -0.2) is 0 Å². The van der Waals surface area contributed by atoms with E-state index in [1.54, 1.807) is 0 Å². The molecule has 1 aliphatic rings. The van der Waals surface area contributed by atoms with Gasteiger partial charge >= 0.3 is 0 Å². The van der Waals surface area contributed by atoms with Gasteiger partial charge in [0, 0.05) is 18.5 Å². The SMILES string of the molecule is Cc1ccc([N-][n+]2c3c(nn2-c2ccc(C)cc2)CCCC3)cc1. The molecule has 0 radical (unpaired) electrons. The molecule has 0 atom stereocenters. The molecule has 1 aromatic heterocycles.